The molecule has 0 aliphatic carbocycles. The van der Waals surface area contributed by atoms with E-state index < -0.39 is 0 Å². The second-order valence-electron chi connectivity index (χ2n) is 5.97. The van der Waals surface area contributed by atoms with E-state index in [-0.39, 0.29) is 5.91 Å². The van der Waals surface area contributed by atoms with Crippen LogP contribution in [0.2, 0.25) is 0 Å². The van der Waals surface area contributed by atoms with Crippen LogP contribution in [0.25, 0.3) is 16.4 Å². The molecule has 0 radical (unpaired) electrons. The van der Waals surface area contributed by atoms with E-state index in [1.165, 1.54) is 0 Å². The van der Waals surface area contributed by atoms with Crippen LogP contribution in [0.3, 0.4) is 0 Å². The normalized spacial score (nSPS) is 11.0. The average molecular weight is 330 g/mol. The van der Waals surface area contributed by atoms with Gasteiger partial charge in [-0.25, -0.2) is 0 Å². The van der Waals surface area contributed by atoms with Gasteiger partial charge in [0.05, 0.1) is 0 Å². The summed E-state index contributed by atoms with van der Waals surface area (Å²) in [5, 5.41) is 13.5. The Morgan fingerprint density at radius 2 is 1.80 bits per heavy atom. The summed E-state index contributed by atoms with van der Waals surface area (Å²) in [4.78, 5) is 12.3. The predicted octanol–water partition coefficient (Wildman–Crippen LogP) is 3.84. The van der Waals surface area contributed by atoms with Crippen LogP contribution < -0.4 is 5.32 Å². The van der Waals surface area contributed by atoms with Gasteiger partial charge in [-0.15, -0.1) is 10.2 Å². The minimum atomic E-state index is 0.0187. The van der Waals surface area contributed by atoms with Crippen molar-refractivity contribution in [1.29, 1.82) is 0 Å². The minimum Gasteiger partial charge on any atom is -0.326 e. The van der Waals surface area contributed by atoms with Crippen LogP contribution in [-0.2, 0) is 11.2 Å². The molecular formula is C20H18N4O. The van der Waals surface area contributed by atoms with E-state index in [1.807, 2.05) is 71.3 Å². The molecule has 0 spiro atoms. The maximum Gasteiger partial charge on any atom is 0.224 e. The molecule has 0 fully saturated rings. The summed E-state index contributed by atoms with van der Waals surface area (Å²) in [7, 11) is 0. The molecule has 2 aromatic heterocycles. The van der Waals surface area contributed by atoms with Gasteiger partial charge in [-0.3, -0.25) is 9.20 Å². The van der Waals surface area contributed by atoms with Crippen molar-refractivity contribution in [3.8, 4) is 0 Å². The van der Waals surface area contributed by atoms with Gasteiger partial charge < -0.3 is 5.32 Å². The minimum absolute atomic E-state index is 0.0187. The zero-order valence-electron chi connectivity index (χ0n) is 13.7. The van der Waals surface area contributed by atoms with E-state index in [1.54, 1.807) is 0 Å². The highest BCUT2D eigenvalue weighted by molar-refractivity contribution is 6.02. The predicted molar refractivity (Wildman–Crippen MR) is 98.5 cm³/mol. The Hall–Kier alpha value is -3.21. The molecule has 1 amide bonds. The molecule has 124 valence electrons. The Balaban J connectivity index is 1.39. The summed E-state index contributed by atoms with van der Waals surface area (Å²) in [6, 6.07) is 19.8. The first-order valence-corrected chi connectivity index (χ1v) is 8.37. The molecule has 5 heteroatoms. The topological polar surface area (TPSA) is 59.3 Å². The number of amides is 1. The van der Waals surface area contributed by atoms with Crippen molar-refractivity contribution in [2.45, 2.75) is 19.3 Å². The Labute approximate surface area is 145 Å². The van der Waals surface area contributed by atoms with Crippen molar-refractivity contribution in [2.75, 3.05) is 5.32 Å². The van der Waals surface area contributed by atoms with Crippen LogP contribution in [0, 0.1) is 0 Å². The second-order valence-corrected chi connectivity index (χ2v) is 5.97. The molecule has 0 aliphatic heterocycles. The molecule has 0 aliphatic rings. The summed E-state index contributed by atoms with van der Waals surface area (Å²) in [5.41, 5.74) is 1.69. The molecule has 0 atom stereocenters. The summed E-state index contributed by atoms with van der Waals surface area (Å²) in [6.07, 6.45) is 3.84. The lowest BCUT2D eigenvalue weighted by Gasteiger charge is -2.08. The maximum atomic E-state index is 12.3. The maximum absolute atomic E-state index is 12.3. The van der Waals surface area contributed by atoms with Crippen molar-refractivity contribution >= 4 is 28.0 Å². The quantitative estimate of drug-likeness (QED) is 0.605. The van der Waals surface area contributed by atoms with Gasteiger partial charge in [0.2, 0.25) is 5.91 Å². The van der Waals surface area contributed by atoms with E-state index in [4.69, 9.17) is 0 Å². The highest BCUT2D eigenvalue weighted by Crippen LogP contribution is 2.23. The molecule has 0 saturated heterocycles. The Morgan fingerprint density at radius 3 is 2.76 bits per heavy atom. The third kappa shape index (κ3) is 3.21. The van der Waals surface area contributed by atoms with Gasteiger partial charge in [-0.1, -0.05) is 42.5 Å². The van der Waals surface area contributed by atoms with Crippen molar-refractivity contribution in [3.63, 3.8) is 0 Å². The second kappa shape index (κ2) is 6.73. The highest BCUT2D eigenvalue weighted by atomic mass is 16.1. The Morgan fingerprint density at radius 1 is 0.960 bits per heavy atom. The summed E-state index contributed by atoms with van der Waals surface area (Å²) < 4.78 is 1.96. The van der Waals surface area contributed by atoms with E-state index in [9.17, 15) is 4.79 Å². The van der Waals surface area contributed by atoms with Crippen LogP contribution in [0.4, 0.5) is 5.69 Å². The van der Waals surface area contributed by atoms with E-state index in [0.29, 0.717) is 12.8 Å². The molecular weight excluding hydrogens is 312 g/mol. The molecule has 5 nitrogen and oxygen atoms in total. The van der Waals surface area contributed by atoms with E-state index >= 15 is 0 Å². The summed E-state index contributed by atoms with van der Waals surface area (Å²) >= 11 is 0. The lowest BCUT2D eigenvalue weighted by atomic mass is 10.1. The fourth-order valence-corrected chi connectivity index (χ4v) is 3.02. The largest absolute Gasteiger partial charge is 0.326 e. The number of carbonyl (C=O) groups is 1. The third-order valence-electron chi connectivity index (χ3n) is 4.25. The molecule has 2 aromatic carbocycles. The number of fused-ring (bicyclic) bond motifs is 2. The van der Waals surface area contributed by atoms with Crippen LogP contribution in [0.15, 0.2) is 66.9 Å². The first kappa shape index (κ1) is 15.3. The smallest absolute Gasteiger partial charge is 0.224 e. The number of nitrogens with zero attached hydrogens (tertiary/aromatic N) is 3. The van der Waals surface area contributed by atoms with Crippen molar-refractivity contribution < 1.29 is 4.79 Å². The zero-order valence-corrected chi connectivity index (χ0v) is 13.7. The first-order valence-electron chi connectivity index (χ1n) is 8.37. The van der Waals surface area contributed by atoms with E-state index in [0.717, 1.165) is 34.4 Å². The number of aromatic nitrogens is 3. The molecule has 25 heavy (non-hydrogen) atoms. The summed E-state index contributed by atoms with van der Waals surface area (Å²) in [5.74, 6) is 0.902. The molecule has 4 rings (SSSR count). The number of aryl methyl sites for hydroxylation is 1. The lowest BCUT2D eigenvalue weighted by Crippen LogP contribution is -2.12. The van der Waals surface area contributed by atoms with Crippen LogP contribution in [0.5, 0.6) is 0 Å². The number of carbonyl (C=O) groups excluding carboxylic acids is 1. The van der Waals surface area contributed by atoms with E-state index in [2.05, 4.69) is 15.5 Å². The standard InChI is InChI=1S/C20H18N4O/c25-20(21-17-10-5-8-15-7-1-2-9-16(15)17)13-6-12-19-23-22-18-11-3-4-14-24(18)19/h1-5,7-11,14H,6,12-13H2,(H,21,25). The van der Waals surface area contributed by atoms with Crippen LogP contribution in [-0.4, -0.2) is 20.5 Å². The van der Waals surface area contributed by atoms with Crippen molar-refractivity contribution in [2.24, 2.45) is 0 Å². The first-order chi connectivity index (χ1) is 12.3. The molecule has 0 unspecified atom stereocenters. The Bertz CT molecular complexity index is 1030. The third-order valence-corrected chi connectivity index (χ3v) is 4.25. The zero-order chi connectivity index (χ0) is 17.1. The number of rotatable bonds is 5. The summed E-state index contributed by atoms with van der Waals surface area (Å²) in [6.45, 7) is 0. The molecule has 0 saturated carbocycles. The van der Waals surface area contributed by atoms with Gasteiger partial charge in [0.1, 0.15) is 5.82 Å². The lowest BCUT2D eigenvalue weighted by molar-refractivity contribution is -0.116. The van der Waals surface area contributed by atoms with Crippen molar-refractivity contribution in [3.05, 3.63) is 72.7 Å². The fourth-order valence-electron chi connectivity index (χ4n) is 3.02. The van der Waals surface area contributed by atoms with Gasteiger partial charge >= 0.3 is 0 Å². The number of benzene rings is 2. The Kier molecular flexibility index (Phi) is 4.12. The number of anilines is 1. The van der Waals surface area contributed by atoms with Crippen molar-refractivity contribution in [1.82, 2.24) is 14.6 Å². The van der Waals surface area contributed by atoms with Gasteiger partial charge in [0.15, 0.2) is 5.65 Å². The van der Waals surface area contributed by atoms with Crippen LogP contribution in [0.1, 0.15) is 18.7 Å². The van der Waals surface area contributed by atoms with Gasteiger partial charge in [-0.2, -0.15) is 0 Å². The molecule has 0 bridgehead atoms. The monoisotopic (exact) mass is 330 g/mol. The number of hydrogen-bond donors (Lipinski definition) is 1. The molecule has 1 N–H and O–H groups in total. The van der Waals surface area contributed by atoms with Gasteiger partial charge in [0.25, 0.3) is 0 Å². The number of nitrogens with one attached hydrogen (secondary N) is 1. The fraction of sp³-hybridized carbons (Fsp3) is 0.150. The molecule has 2 heterocycles. The molecule has 4 aromatic rings. The number of pyridine rings is 1. The number of hydrogen-bond acceptors (Lipinski definition) is 3. The SMILES string of the molecule is O=C(CCCc1nnc2ccccn12)Nc1cccc2ccccc12. The highest BCUT2D eigenvalue weighted by Gasteiger charge is 2.08. The van der Waals surface area contributed by atoms with Crippen LogP contribution >= 0.6 is 0 Å². The average Bonchev–Trinajstić information content (AvgIpc) is 3.05. The van der Waals surface area contributed by atoms with Gasteiger partial charge in [-0.05, 0) is 30.0 Å². The van der Waals surface area contributed by atoms with Gasteiger partial charge in [0, 0.05) is 30.1 Å².